The van der Waals surface area contributed by atoms with Crippen LogP contribution in [0.3, 0.4) is 0 Å². The molecule has 10 nitrogen and oxygen atoms in total. The lowest BCUT2D eigenvalue weighted by Gasteiger charge is -2.34. The van der Waals surface area contributed by atoms with E-state index < -0.39 is 29.5 Å². The number of benzene rings is 1. The molecule has 1 aliphatic carbocycles. The molecule has 2 N–H and O–H groups in total. The molecule has 4 amide bonds. The first-order valence-electron chi connectivity index (χ1n) is 14.9. The van der Waals surface area contributed by atoms with Gasteiger partial charge >= 0.3 is 0 Å². The fraction of sp³-hybridized carbons (Fsp3) is 0.613. The highest BCUT2D eigenvalue weighted by Gasteiger charge is 2.69. The molecule has 6 atom stereocenters. The fourth-order valence-corrected chi connectivity index (χ4v) is 8.30. The summed E-state index contributed by atoms with van der Waals surface area (Å²) in [4.78, 5) is 75.0. The molecule has 1 saturated carbocycles. The van der Waals surface area contributed by atoms with Gasteiger partial charge in [0.25, 0.3) is 0 Å². The van der Waals surface area contributed by atoms with Gasteiger partial charge in [-0.1, -0.05) is 26.0 Å². The summed E-state index contributed by atoms with van der Waals surface area (Å²) in [7, 11) is 0. The highest BCUT2D eigenvalue weighted by atomic mass is 32.1. The van der Waals surface area contributed by atoms with Crippen LogP contribution < -0.4 is 10.6 Å². The zero-order chi connectivity index (χ0) is 30.1. The number of nitrogens with one attached hydrogen (secondary N) is 2. The Kier molecular flexibility index (Phi) is 6.94. The number of rotatable bonds is 7. The van der Waals surface area contributed by atoms with Crippen LogP contribution in [0.2, 0.25) is 0 Å². The molecule has 224 valence electrons. The molecule has 4 fully saturated rings. The molecule has 3 saturated heterocycles. The van der Waals surface area contributed by atoms with Crippen LogP contribution in [0.4, 0.5) is 0 Å². The molecule has 1 aromatic heterocycles. The maximum absolute atomic E-state index is 14.1. The number of hydrogen-bond donors (Lipinski definition) is 2. The summed E-state index contributed by atoms with van der Waals surface area (Å²) in [6.45, 7) is 11.4. The number of para-hydroxylation sites is 1. The van der Waals surface area contributed by atoms with E-state index in [-0.39, 0.29) is 64.5 Å². The first-order valence-corrected chi connectivity index (χ1v) is 15.7. The van der Waals surface area contributed by atoms with Crippen molar-refractivity contribution >= 4 is 51.0 Å². The standard InChI is InChI=1S/C31H39N5O5S/c1-30(2,3)36-14-17(13-22(36)37)29(41)35-15-18-23(31(18,4)5)24(35)27(40)33-20(12-16-10-11-32-26(16)39)25(38)28-34-19-8-6-7-9-21(19)42-28/h6-9,16-18,20,23-24H,10-15H2,1-5H3,(H,32,39)(H,33,40)/t16-,17+,18-,20-,23-,24-/m0/s1. The Morgan fingerprint density at radius 2 is 1.90 bits per heavy atom. The van der Waals surface area contributed by atoms with Crippen LogP contribution in [0, 0.1) is 29.1 Å². The molecular weight excluding hydrogens is 554 g/mol. The Morgan fingerprint density at radius 1 is 1.17 bits per heavy atom. The van der Waals surface area contributed by atoms with Gasteiger partial charge in [0.2, 0.25) is 29.4 Å². The number of aromatic nitrogens is 1. The quantitative estimate of drug-likeness (QED) is 0.475. The van der Waals surface area contributed by atoms with E-state index in [4.69, 9.17) is 0 Å². The SMILES string of the molecule is CC1(C)[C@@H]2[C@@H](C(=O)N[C@@H](C[C@@H]3CCNC3=O)C(=O)c3nc4ccccc4s3)N(C(=O)[C@@H]3CC(=O)N(C(C)(C)C)C3)C[C@@H]21. The molecule has 0 unspecified atom stereocenters. The largest absolute Gasteiger partial charge is 0.356 e. The van der Waals surface area contributed by atoms with Gasteiger partial charge < -0.3 is 20.4 Å². The normalized spacial score (nSPS) is 29.0. The third kappa shape index (κ3) is 4.89. The van der Waals surface area contributed by atoms with Crippen molar-refractivity contribution in [2.75, 3.05) is 19.6 Å². The zero-order valence-corrected chi connectivity index (χ0v) is 25.6. The van der Waals surface area contributed by atoms with Crippen LogP contribution in [0.25, 0.3) is 10.2 Å². The van der Waals surface area contributed by atoms with E-state index in [1.807, 2.05) is 45.0 Å². The van der Waals surface area contributed by atoms with Gasteiger partial charge in [0, 0.05) is 37.5 Å². The Labute approximate surface area is 249 Å². The zero-order valence-electron chi connectivity index (χ0n) is 24.8. The van der Waals surface area contributed by atoms with E-state index >= 15 is 0 Å². The van der Waals surface area contributed by atoms with Crippen LogP contribution >= 0.6 is 11.3 Å². The predicted molar refractivity (Wildman–Crippen MR) is 157 cm³/mol. The molecule has 4 heterocycles. The number of nitrogens with zero attached hydrogens (tertiary/aromatic N) is 3. The predicted octanol–water partition coefficient (Wildman–Crippen LogP) is 2.62. The minimum atomic E-state index is -0.950. The summed E-state index contributed by atoms with van der Waals surface area (Å²) >= 11 is 1.27. The molecule has 2 aromatic rings. The first kappa shape index (κ1) is 28.8. The number of fused-ring (bicyclic) bond motifs is 2. The van der Waals surface area contributed by atoms with Crippen LogP contribution in [0.15, 0.2) is 24.3 Å². The van der Waals surface area contributed by atoms with E-state index in [0.717, 1.165) is 4.70 Å². The van der Waals surface area contributed by atoms with Crippen molar-refractivity contribution in [3.8, 4) is 0 Å². The van der Waals surface area contributed by atoms with E-state index in [1.165, 1.54) is 11.3 Å². The summed E-state index contributed by atoms with van der Waals surface area (Å²) < 4.78 is 0.870. The van der Waals surface area contributed by atoms with Crippen LogP contribution in [-0.4, -0.2) is 81.5 Å². The van der Waals surface area contributed by atoms with E-state index in [2.05, 4.69) is 29.5 Å². The van der Waals surface area contributed by atoms with Gasteiger partial charge in [-0.25, -0.2) is 4.98 Å². The topological polar surface area (TPSA) is 129 Å². The third-order valence-corrected chi connectivity index (χ3v) is 10.9. The first-order chi connectivity index (χ1) is 19.8. The number of hydrogen-bond acceptors (Lipinski definition) is 7. The Balaban J connectivity index is 1.25. The van der Waals surface area contributed by atoms with Crippen LogP contribution in [-0.2, 0) is 19.2 Å². The molecule has 1 aromatic carbocycles. The summed E-state index contributed by atoms with van der Waals surface area (Å²) in [6.07, 6.45) is 0.890. The number of likely N-dealkylation sites (tertiary alicyclic amines) is 2. The van der Waals surface area contributed by atoms with Crippen molar-refractivity contribution in [1.82, 2.24) is 25.4 Å². The van der Waals surface area contributed by atoms with Gasteiger partial charge in [-0.15, -0.1) is 11.3 Å². The minimum absolute atomic E-state index is 0.0368. The number of ketones is 1. The monoisotopic (exact) mass is 593 g/mol. The average molecular weight is 594 g/mol. The molecular formula is C31H39N5O5S. The van der Waals surface area contributed by atoms with Crippen molar-refractivity contribution in [3.63, 3.8) is 0 Å². The third-order valence-electron chi connectivity index (χ3n) is 9.86. The van der Waals surface area contributed by atoms with Crippen molar-refractivity contribution in [1.29, 1.82) is 0 Å². The minimum Gasteiger partial charge on any atom is -0.356 e. The van der Waals surface area contributed by atoms with E-state index in [0.29, 0.717) is 31.6 Å². The van der Waals surface area contributed by atoms with Crippen molar-refractivity contribution < 1.29 is 24.0 Å². The number of carbonyl (C=O) groups excluding carboxylic acids is 5. The smallest absolute Gasteiger partial charge is 0.243 e. The highest BCUT2D eigenvalue weighted by molar-refractivity contribution is 7.20. The van der Waals surface area contributed by atoms with E-state index in [9.17, 15) is 24.0 Å². The Bertz CT molecular complexity index is 1440. The van der Waals surface area contributed by atoms with Gasteiger partial charge in [-0.05, 0) is 63.0 Å². The highest BCUT2D eigenvalue weighted by Crippen LogP contribution is 2.65. The molecule has 3 aliphatic heterocycles. The lowest BCUT2D eigenvalue weighted by atomic mass is 9.94. The summed E-state index contributed by atoms with van der Waals surface area (Å²) in [6, 6.07) is 5.79. The summed E-state index contributed by atoms with van der Waals surface area (Å²) in [5, 5.41) is 6.09. The number of piperidine rings is 1. The summed E-state index contributed by atoms with van der Waals surface area (Å²) in [5.41, 5.74) is 0.207. The lowest BCUT2D eigenvalue weighted by Crippen LogP contribution is -2.55. The second-order valence-corrected chi connectivity index (χ2v) is 14.9. The van der Waals surface area contributed by atoms with E-state index in [1.54, 1.807) is 9.80 Å². The van der Waals surface area contributed by atoms with Gasteiger partial charge in [-0.2, -0.15) is 0 Å². The van der Waals surface area contributed by atoms with Gasteiger partial charge in [-0.3, -0.25) is 24.0 Å². The lowest BCUT2D eigenvalue weighted by molar-refractivity contribution is -0.143. The van der Waals surface area contributed by atoms with Crippen molar-refractivity contribution in [3.05, 3.63) is 29.3 Å². The molecule has 0 spiro atoms. The van der Waals surface area contributed by atoms with Crippen molar-refractivity contribution in [2.24, 2.45) is 29.1 Å². The Hall–Kier alpha value is -3.34. The molecule has 4 aliphatic rings. The average Bonchev–Trinajstić information content (AvgIpc) is 3.55. The second kappa shape index (κ2) is 10.1. The summed E-state index contributed by atoms with van der Waals surface area (Å²) in [5.74, 6) is -1.82. The maximum atomic E-state index is 14.1. The number of Topliss-reactive ketones (excluding diaryl/α,β-unsaturated/α-hetero) is 1. The molecule has 42 heavy (non-hydrogen) atoms. The van der Waals surface area contributed by atoms with Gasteiger partial charge in [0.05, 0.1) is 22.2 Å². The van der Waals surface area contributed by atoms with Crippen molar-refractivity contribution in [2.45, 2.75) is 71.5 Å². The number of carbonyl (C=O) groups is 5. The maximum Gasteiger partial charge on any atom is 0.243 e. The Morgan fingerprint density at radius 3 is 2.55 bits per heavy atom. The van der Waals surface area contributed by atoms with Crippen LogP contribution in [0.1, 0.15) is 63.7 Å². The van der Waals surface area contributed by atoms with Crippen LogP contribution in [0.5, 0.6) is 0 Å². The molecule has 0 radical (unpaired) electrons. The fourth-order valence-electron chi connectivity index (χ4n) is 7.34. The van der Waals surface area contributed by atoms with Gasteiger partial charge in [0.15, 0.2) is 5.01 Å². The molecule has 6 rings (SSSR count). The number of amides is 4. The molecule has 11 heteroatoms. The second-order valence-electron chi connectivity index (χ2n) is 13.9. The van der Waals surface area contributed by atoms with Gasteiger partial charge in [0.1, 0.15) is 6.04 Å². The molecule has 0 bridgehead atoms. The number of thiazole rings is 1.